The molecule has 0 aliphatic rings. The van der Waals surface area contributed by atoms with Crippen LogP contribution in [0.3, 0.4) is 0 Å². The summed E-state index contributed by atoms with van der Waals surface area (Å²) in [7, 11) is 0. The fourth-order valence-corrected chi connectivity index (χ4v) is 1.69. The minimum atomic E-state index is 0.767. The third-order valence-electron chi connectivity index (χ3n) is 2.50. The maximum Gasteiger partial charge on any atom is 0.0705 e. The van der Waals surface area contributed by atoms with E-state index in [-0.39, 0.29) is 0 Å². The zero-order chi connectivity index (χ0) is 11.2. The molecule has 1 heterocycles. The van der Waals surface area contributed by atoms with Gasteiger partial charge >= 0.3 is 0 Å². The van der Waals surface area contributed by atoms with Gasteiger partial charge in [-0.3, -0.25) is 4.98 Å². The van der Waals surface area contributed by atoms with Crippen LogP contribution in [0.25, 0.3) is 10.9 Å². The van der Waals surface area contributed by atoms with E-state index in [1.165, 1.54) is 10.9 Å². The van der Waals surface area contributed by atoms with Gasteiger partial charge in [0.15, 0.2) is 0 Å². The molecule has 0 bridgehead atoms. The second-order valence-corrected chi connectivity index (χ2v) is 3.62. The van der Waals surface area contributed by atoms with Gasteiger partial charge in [-0.05, 0) is 17.7 Å². The molecule has 2 aromatic rings. The van der Waals surface area contributed by atoms with Gasteiger partial charge in [-0.2, -0.15) is 0 Å². The Morgan fingerprint density at radius 1 is 1.25 bits per heavy atom. The lowest BCUT2D eigenvalue weighted by atomic mass is 10.1. The summed E-state index contributed by atoms with van der Waals surface area (Å²) in [5, 5.41) is 4.53. The Morgan fingerprint density at radius 2 is 2.12 bits per heavy atom. The summed E-state index contributed by atoms with van der Waals surface area (Å²) in [5.74, 6) is 2.62. The van der Waals surface area contributed by atoms with Gasteiger partial charge in [0.05, 0.1) is 5.52 Å². The molecular weight excluding hydrogens is 196 g/mol. The van der Waals surface area contributed by atoms with E-state index in [2.05, 4.69) is 22.3 Å². The average Bonchev–Trinajstić information content (AvgIpc) is 2.35. The number of para-hydroxylation sites is 1. The average molecular weight is 210 g/mol. The Balaban J connectivity index is 2.15. The van der Waals surface area contributed by atoms with E-state index in [4.69, 9.17) is 6.42 Å². The highest BCUT2D eigenvalue weighted by Gasteiger charge is 1.99. The molecule has 0 saturated carbocycles. The molecule has 16 heavy (non-hydrogen) atoms. The summed E-state index contributed by atoms with van der Waals surface area (Å²) in [4.78, 5) is 4.33. The van der Waals surface area contributed by atoms with Crippen molar-refractivity contribution in [1.29, 1.82) is 0 Å². The van der Waals surface area contributed by atoms with Gasteiger partial charge in [0.1, 0.15) is 0 Å². The summed E-state index contributed by atoms with van der Waals surface area (Å²) >= 11 is 0. The van der Waals surface area contributed by atoms with Crippen LogP contribution in [0, 0.1) is 12.3 Å². The lowest BCUT2D eigenvalue weighted by Gasteiger charge is -2.06. The Labute approximate surface area is 95.7 Å². The van der Waals surface area contributed by atoms with Crippen LogP contribution >= 0.6 is 0 Å². The number of aromatic nitrogens is 1. The fourth-order valence-electron chi connectivity index (χ4n) is 1.69. The Kier molecular flexibility index (Phi) is 3.53. The highest BCUT2D eigenvalue weighted by molar-refractivity contribution is 5.81. The quantitative estimate of drug-likeness (QED) is 0.619. The number of rotatable bonds is 4. The van der Waals surface area contributed by atoms with Crippen molar-refractivity contribution < 1.29 is 0 Å². The molecule has 1 aromatic carbocycles. The van der Waals surface area contributed by atoms with Crippen molar-refractivity contribution in [2.45, 2.75) is 13.0 Å². The van der Waals surface area contributed by atoms with Crippen LogP contribution in [-0.4, -0.2) is 11.5 Å². The number of hydrogen-bond acceptors (Lipinski definition) is 2. The SMILES string of the molecule is C#CCCNCc1ccnc2ccccc12. The van der Waals surface area contributed by atoms with E-state index in [1.807, 2.05) is 30.5 Å². The van der Waals surface area contributed by atoms with Crippen molar-refractivity contribution in [1.82, 2.24) is 10.3 Å². The molecule has 2 nitrogen and oxygen atoms in total. The predicted molar refractivity (Wildman–Crippen MR) is 66.9 cm³/mol. The van der Waals surface area contributed by atoms with E-state index < -0.39 is 0 Å². The van der Waals surface area contributed by atoms with Gasteiger partial charge in [0.2, 0.25) is 0 Å². The molecule has 0 unspecified atom stereocenters. The molecule has 80 valence electrons. The summed E-state index contributed by atoms with van der Waals surface area (Å²) in [6.45, 7) is 1.69. The van der Waals surface area contributed by atoms with Gasteiger partial charge < -0.3 is 5.32 Å². The van der Waals surface area contributed by atoms with Crippen LogP contribution in [0.1, 0.15) is 12.0 Å². The highest BCUT2D eigenvalue weighted by atomic mass is 14.8. The second kappa shape index (κ2) is 5.29. The standard InChI is InChI=1S/C14H14N2/c1-2-3-9-15-11-12-8-10-16-14-7-5-4-6-13(12)14/h1,4-8,10,15H,3,9,11H2. The van der Waals surface area contributed by atoms with Gasteiger partial charge in [-0.1, -0.05) is 18.2 Å². The smallest absolute Gasteiger partial charge is 0.0705 e. The first-order chi connectivity index (χ1) is 7.92. The molecule has 2 rings (SSSR count). The number of terminal acetylenes is 1. The second-order valence-electron chi connectivity index (χ2n) is 3.62. The van der Waals surface area contributed by atoms with Crippen LogP contribution in [0.2, 0.25) is 0 Å². The molecule has 0 aliphatic heterocycles. The number of nitrogens with one attached hydrogen (secondary N) is 1. The minimum Gasteiger partial charge on any atom is -0.312 e. The molecule has 1 N–H and O–H groups in total. The van der Waals surface area contributed by atoms with Crippen LogP contribution < -0.4 is 5.32 Å². The maximum absolute atomic E-state index is 5.20. The molecule has 0 amide bonds. The zero-order valence-electron chi connectivity index (χ0n) is 9.11. The summed E-state index contributed by atoms with van der Waals surface area (Å²) < 4.78 is 0. The Bertz CT molecular complexity index is 506. The van der Waals surface area contributed by atoms with Crippen LogP contribution in [0.5, 0.6) is 0 Å². The number of pyridine rings is 1. The molecule has 0 fully saturated rings. The predicted octanol–water partition coefficient (Wildman–Crippen LogP) is 2.35. The molecule has 0 aliphatic carbocycles. The lowest BCUT2D eigenvalue weighted by molar-refractivity contribution is 0.704. The molecule has 1 aromatic heterocycles. The highest BCUT2D eigenvalue weighted by Crippen LogP contribution is 2.15. The van der Waals surface area contributed by atoms with Gasteiger partial charge in [0.25, 0.3) is 0 Å². The van der Waals surface area contributed by atoms with Gasteiger partial charge in [0, 0.05) is 31.1 Å². The maximum atomic E-state index is 5.20. The third kappa shape index (κ3) is 2.39. The Morgan fingerprint density at radius 3 is 3.00 bits per heavy atom. The topological polar surface area (TPSA) is 24.9 Å². The van der Waals surface area contributed by atoms with Crippen LogP contribution in [-0.2, 0) is 6.54 Å². The van der Waals surface area contributed by atoms with E-state index in [0.29, 0.717) is 0 Å². The molecule has 0 saturated heterocycles. The molecule has 0 spiro atoms. The van der Waals surface area contributed by atoms with E-state index in [9.17, 15) is 0 Å². The fraction of sp³-hybridized carbons (Fsp3) is 0.214. The van der Waals surface area contributed by atoms with Crippen LogP contribution in [0.15, 0.2) is 36.5 Å². The summed E-state index contributed by atoms with van der Waals surface area (Å²) in [5.41, 5.74) is 2.31. The van der Waals surface area contributed by atoms with Gasteiger partial charge in [-0.25, -0.2) is 0 Å². The first-order valence-electron chi connectivity index (χ1n) is 5.38. The van der Waals surface area contributed by atoms with Crippen LogP contribution in [0.4, 0.5) is 0 Å². The van der Waals surface area contributed by atoms with E-state index in [0.717, 1.165) is 25.0 Å². The van der Waals surface area contributed by atoms with Crippen molar-refractivity contribution in [2.75, 3.05) is 6.54 Å². The van der Waals surface area contributed by atoms with Crippen molar-refractivity contribution >= 4 is 10.9 Å². The Hall–Kier alpha value is -1.85. The molecule has 0 atom stereocenters. The van der Waals surface area contributed by atoms with E-state index in [1.54, 1.807) is 0 Å². The van der Waals surface area contributed by atoms with Crippen molar-refractivity contribution in [3.05, 3.63) is 42.1 Å². The number of benzene rings is 1. The number of hydrogen-bond donors (Lipinski definition) is 1. The summed E-state index contributed by atoms with van der Waals surface area (Å²) in [6.07, 6.45) is 7.81. The molecular formula is C14H14N2. The summed E-state index contributed by atoms with van der Waals surface area (Å²) in [6, 6.07) is 10.2. The number of nitrogens with zero attached hydrogens (tertiary/aromatic N) is 1. The molecule has 0 radical (unpaired) electrons. The van der Waals surface area contributed by atoms with Crippen molar-refractivity contribution in [2.24, 2.45) is 0 Å². The zero-order valence-corrected chi connectivity index (χ0v) is 9.11. The van der Waals surface area contributed by atoms with Gasteiger partial charge in [-0.15, -0.1) is 12.3 Å². The normalized spacial score (nSPS) is 10.2. The molecule has 2 heteroatoms. The first kappa shape index (κ1) is 10.7. The van der Waals surface area contributed by atoms with Crippen molar-refractivity contribution in [3.8, 4) is 12.3 Å². The monoisotopic (exact) mass is 210 g/mol. The lowest BCUT2D eigenvalue weighted by Crippen LogP contribution is -2.14. The van der Waals surface area contributed by atoms with E-state index >= 15 is 0 Å². The largest absolute Gasteiger partial charge is 0.312 e. The minimum absolute atomic E-state index is 0.767. The first-order valence-corrected chi connectivity index (χ1v) is 5.38. The van der Waals surface area contributed by atoms with Crippen molar-refractivity contribution in [3.63, 3.8) is 0 Å². The number of fused-ring (bicyclic) bond motifs is 1. The third-order valence-corrected chi connectivity index (χ3v) is 2.50.